The first-order chi connectivity index (χ1) is 20.0. The Morgan fingerprint density at radius 1 is 1.12 bits per heavy atom. The van der Waals surface area contributed by atoms with Crippen molar-refractivity contribution in [2.24, 2.45) is 0 Å². The SMILES string of the molecule is CC(Cn1cnc2c(N)ncnc21)OC[PH](=O)N(Oc1ccccc1)C(C)C(=O)OC1CCC1.O=C(O)/C=C/C(=O)O. The van der Waals surface area contributed by atoms with E-state index in [1.807, 2.05) is 13.0 Å². The number of benzene rings is 1. The minimum atomic E-state index is -2.65. The van der Waals surface area contributed by atoms with Gasteiger partial charge in [-0.1, -0.05) is 23.0 Å². The number of fused-ring (bicyclic) bond motifs is 1. The number of hydrogen-bond donors (Lipinski definition) is 3. The Kier molecular flexibility index (Phi) is 12.0. The monoisotopic (exact) mass is 604 g/mol. The van der Waals surface area contributed by atoms with Crippen LogP contribution in [0.3, 0.4) is 0 Å². The number of aromatic nitrogens is 4. The summed E-state index contributed by atoms with van der Waals surface area (Å²) in [6, 6.07) is 8.04. The fourth-order valence-electron chi connectivity index (χ4n) is 3.57. The Balaban J connectivity index is 0.000000531. The molecule has 1 saturated carbocycles. The van der Waals surface area contributed by atoms with Crippen molar-refractivity contribution in [3.05, 3.63) is 55.1 Å². The average molecular weight is 605 g/mol. The highest BCUT2D eigenvalue weighted by Crippen LogP contribution is 2.33. The molecule has 1 fully saturated rings. The van der Waals surface area contributed by atoms with Crippen molar-refractivity contribution < 1.29 is 43.5 Å². The van der Waals surface area contributed by atoms with E-state index in [-0.39, 0.29) is 18.6 Å². The standard InChI is InChI=1S/C22H29N6O5P.C4H4O4/c1-15(11-27-13-26-19-20(23)24-12-25-21(19)27)31-14-34(30)28(33-18-7-4-3-5-8-18)16(2)22(29)32-17-9-6-10-17;5-3(6)1-2-4(7)8/h3-5,7-8,12-13,15-17,34H,6,9-11,14H2,1-2H3,(H2,23,24,25);1-2H,(H,5,6)(H,7,8)/b;2-1+. The van der Waals surface area contributed by atoms with E-state index in [1.165, 1.54) is 11.2 Å². The molecule has 3 unspecified atom stereocenters. The van der Waals surface area contributed by atoms with Crippen molar-refractivity contribution in [2.75, 3.05) is 12.1 Å². The average Bonchev–Trinajstić information content (AvgIpc) is 3.35. The van der Waals surface area contributed by atoms with Gasteiger partial charge in [0.15, 0.2) is 19.4 Å². The summed E-state index contributed by atoms with van der Waals surface area (Å²) in [5.41, 5.74) is 6.95. The van der Waals surface area contributed by atoms with E-state index in [0.29, 0.717) is 41.4 Å². The fraction of sp³-hybridized carbons (Fsp3) is 0.385. The van der Waals surface area contributed by atoms with Crippen LogP contribution in [0.2, 0.25) is 0 Å². The molecule has 2 aromatic heterocycles. The normalized spacial score (nSPS) is 15.3. The number of carboxylic acids is 2. The summed E-state index contributed by atoms with van der Waals surface area (Å²) >= 11 is 0. The van der Waals surface area contributed by atoms with Gasteiger partial charge in [0.05, 0.1) is 19.0 Å². The summed E-state index contributed by atoms with van der Waals surface area (Å²) in [6.07, 6.45) is 6.36. The molecular weight excluding hydrogens is 571 g/mol. The van der Waals surface area contributed by atoms with Gasteiger partial charge in [0.2, 0.25) is 0 Å². The second-order valence-corrected chi connectivity index (χ2v) is 10.8. The third-order valence-corrected chi connectivity index (χ3v) is 7.35. The number of hydrogen-bond acceptors (Lipinski definition) is 11. The number of carboxylic acid groups (broad SMARTS) is 2. The lowest BCUT2D eigenvalue weighted by Gasteiger charge is -2.30. The number of rotatable bonds is 13. The summed E-state index contributed by atoms with van der Waals surface area (Å²) < 4.78 is 26.4. The molecule has 0 amide bonds. The molecule has 42 heavy (non-hydrogen) atoms. The summed E-state index contributed by atoms with van der Waals surface area (Å²) in [4.78, 5) is 51.2. The predicted octanol–water partition coefficient (Wildman–Crippen LogP) is 2.74. The Morgan fingerprint density at radius 2 is 1.79 bits per heavy atom. The van der Waals surface area contributed by atoms with Crippen LogP contribution >= 0.6 is 7.95 Å². The molecular formula is C26H33N6O9P. The number of nitrogens with zero attached hydrogens (tertiary/aromatic N) is 5. The zero-order chi connectivity index (χ0) is 30.6. The van der Waals surface area contributed by atoms with Gasteiger partial charge in [0.25, 0.3) is 0 Å². The van der Waals surface area contributed by atoms with E-state index in [1.54, 1.807) is 42.1 Å². The van der Waals surface area contributed by atoms with E-state index in [4.69, 9.17) is 30.3 Å². The van der Waals surface area contributed by atoms with Crippen LogP contribution < -0.4 is 10.6 Å². The molecule has 15 nitrogen and oxygen atoms in total. The van der Waals surface area contributed by atoms with Gasteiger partial charge >= 0.3 is 17.9 Å². The highest BCUT2D eigenvalue weighted by Gasteiger charge is 2.33. The van der Waals surface area contributed by atoms with Crippen LogP contribution in [0.25, 0.3) is 11.2 Å². The maximum absolute atomic E-state index is 13.2. The highest BCUT2D eigenvalue weighted by molar-refractivity contribution is 7.41. The van der Waals surface area contributed by atoms with Gasteiger partial charge in [-0.2, -0.15) is 0 Å². The van der Waals surface area contributed by atoms with E-state index < -0.39 is 31.9 Å². The Hall–Kier alpha value is -4.33. The zero-order valence-corrected chi connectivity index (χ0v) is 24.0. The lowest BCUT2D eigenvalue weighted by molar-refractivity contribution is -0.163. The molecule has 16 heteroatoms. The number of carbonyl (C=O) groups excluding carboxylic acids is 1. The molecule has 0 saturated heterocycles. The number of carbonyl (C=O) groups is 3. The second-order valence-electron chi connectivity index (χ2n) is 9.25. The van der Waals surface area contributed by atoms with Crippen LogP contribution in [0.15, 0.2) is 55.1 Å². The van der Waals surface area contributed by atoms with Crippen LogP contribution in [0.4, 0.5) is 5.82 Å². The largest absolute Gasteiger partial charge is 0.478 e. The number of nitrogens with two attached hydrogens (primary N) is 1. The molecule has 3 aromatic rings. The Bertz CT molecular complexity index is 1400. The third kappa shape index (κ3) is 9.65. The van der Waals surface area contributed by atoms with Gasteiger partial charge in [0.1, 0.15) is 36.1 Å². The van der Waals surface area contributed by atoms with Crippen molar-refractivity contribution in [1.82, 2.24) is 24.4 Å². The molecule has 1 aromatic carbocycles. The fourth-order valence-corrected chi connectivity index (χ4v) is 4.87. The van der Waals surface area contributed by atoms with Crippen molar-refractivity contribution >= 4 is 42.8 Å². The molecule has 2 heterocycles. The van der Waals surface area contributed by atoms with Crippen LogP contribution in [0.1, 0.15) is 33.1 Å². The minimum Gasteiger partial charge on any atom is -0.478 e. The number of nitrogen functional groups attached to an aromatic ring is 1. The summed E-state index contributed by atoms with van der Waals surface area (Å²) in [5.74, 6) is -2.20. The number of ether oxygens (including phenoxy) is 2. The first-order valence-corrected chi connectivity index (χ1v) is 14.5. The molecule has 1 aliphatic carbocycles. The van der Waals surface area contributed by atoms with Gasteiger partial charge in [0, 0.05) is 12.2 Å². The van der Waals surface area contributed by atoms with E-state index in [0.717, 1.165) is 19.3 Å². The van der Waals surface area contributed by atoms with Crippen molar-refractivity contribution in [3.8, 4) is 5.75 Å². The molecule has 0 bridgehead atoms. The number of anilines is 1. The maximum Gasteiger partial charge on any atom is 0.328 e. The first kappa shape index (κ1) is 32.2. The van der Waals surface area contributed by atoms with Crippen molar-refractivity contribution in [1.29, 1.82) is 0 Å². The van der Waals surface area contributed by atoms with E-state index in [9.17, 15) is 18.9 Å². The summed E-state index contributed by atoms with van der Waals surface area (Å²) in [5, 5.41) is 15.6. The highest BCUT2D eigenvalue weighted by atomic mass is 31.1. The van der Waals surface area contributed by atoms with Gasteiger partial charge in [-0.05, 0) is 45.2 Å². The van der Waals surface area contributed by atoms with E-state index in [2.05, 4.69) is 15.0 Å². The van der Waals surface area contributed by atoms with Gasteiger partial charge < -0.3 is 39.4 Å². The van der Waals surface area contributed by atoms with Gasteiger partial charge in [-0.25, -0.2) is 24.5 Å². The Labute approximate surface area is 241 Å². The zero-order valence-electron chi connectivity index (χ0n) is 23.0. The number of hydroxylamine groups is 1. The molecule has 0 spiro atoms. The van der Waals surface area contributed by atoms with Crippen LogP contribution in [-0.2, 0) is 35.0 Å². The minimum absolute atomic E-state index is 0.0741. The van der Waals surface area contributed by atoms with E-state index >= 15 is 0 Å². The molecule has 4 rings (SSSR count). The summed E-state index contributed by atoms with van der Waals surface area (Å²) in [6.45, 7) is 3.89. The smallest absolute Gasteiger partial charge is 0.328 e. The molecule has 0 radical (unpaired) electrons. The molecule has 3 atom stereocenters. The Morgan fingerprint density at radius 3 is 2.38 bits per heavy atom. The third-order valence-electron chi connectivity index (χ3n) is 5.96. The van der Waals surface area contributed by atoms with Crippen molar-refractivity contribution in [3.63, 3.8) is 0 Å². The second kappa shape index (κ2) is 15.6. The number of esters is 1. The molecule has 1 aliphatic rings. The predicted molar refractivity (Wildman–Crippen MR) is 151 cm³/mol. The van der Waals surface area contributed by atoms with Crippen LogP contribution in [0.5, 0.6) is 5.75 Å². The summed E-state index contributed by atoms with van der Waals surface area (Å²) in [7, 11) is -2.65. The molecule has 226 valence electrons. The quantitative estimate of drug-likeness (QED) is 0.111. The number of imidazole rings is 1. The topological polar surface area (TPSA) is 209 Å². The first-order valence-electron chi connectivity index (χ1n) is 13.0. The van der Waals surface area contributed by atoms with Crippen LogP contribution in [-0.4, -0.2) is 77.1 Å². The number of aliphatic carboxylic acids is 2. The van der Waals surface area contributed by atoms with Gasteiger partial charge in [-0.15, -0.1) is 0 Å². The molecule has 4 N–H and O–H groups in total. The van der Waals surface area contributed by atoms with Crippen molar-refractivity contribution in [2.45, 2.75) is 57.9 Å². The van der Waals surface area contributed by atoms with Gasteiger partial charge in [-0.3, -0.25) is 4.79 Å². The lowest BCUT2D eigenvalue weighted by Crippen LogP contribution is -2.40. The van der Waals surface area contributed by atoms with Crippen LogP contribution in [0, 0.1) is 0 Å². The lowest BCUT2D eigenvalue weighted by atomic mass is 9.96. The maximum atomic E-state index is 13.2. The number of para-hydroxylation sites is 1. The molecule has 0 aliphatic heterocycles.